The Morgan fingerprint density at radius 1 is 1.33 bits per heavy atom. The summed E-state index contributed by atoms with van der Waals surface area (Å²) in [7, 11) is 1.83. The number of nitrogens with one attached hydrogen (secondary N) is 2. The molecule has 0 spiro atoms. The van der Waals surface area contributed by atoms with Gasteiger partial charge in [0.25, 0.3) is 0 Å². The summed E-state index contributed by atoms with van der Waals surface area (Å²) in [5, 5.41) is 9.91. The van der Waals surface area contributed by atoms with Crippen LogP contribution in [0.5, 0.6) is 11.8 Å². The van der Waals surface area contributed by atoms with Crippen molar-refractivity contribution in [1.82, 2.24) is 20.2 Å². The highest BCUT2D eigenvalue weighted by atomic mass is 16.5. The van der Waals surface area contributed by atoms with Gasteiger partial charge in [0, 0.05) is 25.2 Å². The van der Waals surface area contributed by atoms with E-state index in [2.05, 4.69) is 25.5 Å². The maximum Gasteiger partial charge on any atom is 0.240 e. The molecule has 18 heavy (non-hydrogen) atoms. The highest BCUT2D eigenvalue weighted by molar-refractivity contribution is 5.48. The zero-order chi connectivity index (χ0) is 13.1. The molecule has 0 saturated carbocycles. The number of H-pyrrole nitrogens is 1. The Morgan fingerprint density at radius 3 is 2.67 bits per heavy atom. The molecule has 0 aliphatic rings. The predicted octanol–water partition coefficient (Wildman–Crippen LogP) is 2.21. The fraction of sp³-hybridized carbons (Fsp3) is 0.417. The minimum Gasteiger partial charge on any atom is -0.419 e. The maximum absolute atomic E-state index is 5.68. The largest absolute Gasteiger partial charge is 0.419 e. The number of anilines is 1. The molecule has 0 saturated heterocycles. The zero-order valence-corrected chi connectivity index (χ0v) is 11.0. The lowest BCUT2D eigenvalue weighted by Crippen LogP contribution is -2.04. The van der Waals surface area contributed by atoms with E-state index in [0.717, 1.165) is 29.3 Å². The number of hydrogen-bond acceptors (Lipinski definition) is 5. The normalized spacial score (nSPS) is 10.4. The average Bonchev–Trinajstić information content (AvgIpc) is 2.77. The van der Waals surface area contributed by atoms with Gasteiger partial charge < -0.3 is 10.1 Å². The highest BCUT2D eigenvalue weighted by Gasteiger charge is 2.12. The number of ether oxygens (including phenoxy) is 1. The summed E-state index contributed by atoms with van der Waals surface area (Å²) in [4.78, 5) is 8.76. The van der Waals surface area contributed by atoms with Crippen molar-refractivity contribution in [2.45, 2.75) is 27.2 Å². The van der Waals surface area contributed by atoms with E-state index in [-0.39, 0.29) is 0 Å². The van der Waals surface area contributed by atoms with Crippen molar-refractivity contribution in [3.05, 3.63) is 23.1 Å². The highest BCUT2D eigenvalue weighted by Crippen LogP contribution is 2.26. The number of aryl methyl sites for hydroxylation is 2. The van der Waals surface area contributed by atoms with E-state index in [4.69, 9.17) is 4.74 Å². The third kappa shape index (κ3) is 2.42. The first-order valence-corrected chi connectivity index (χ1v) is 5.89. The zero-order valence-electron chi connectivity index (χ0n) is 11.0. The minimum atomic E-state index is 0.512. The van der Waals surface area contributed by atoms with Gasteiger partial charge >= 0.3 is 0 Å². The van der Waals surface area contributed by atoms with Gasteiger partial charge in [-0.3, -0.25) is 5.10 Å². The van der Waals surface area contributed by atoms with Crippen molar-refractivity contribution < 1.29 is 4.74 Å². The van der Waals surface area contributed by atoms with Crippen LogP contribution in [-0.4, -0.2) is 27.2 Å². The van der Waals surface area contributed by atoms with Gasteiger partial charge in [-0.15, -0.1) is 5.10 Å². The first-order chi connectivity index (χ1) is 8.63. The second-order valence-corrected chi connectivity index (χ2v) is 4.01. The van der Waals surface area contributed by atoms with Gasteiger partial charge in [-0.25, -0.2) is 4.98 Å². The molecule has 96 valence electrons. The third-order valence-electron chi connectivity index (χ3n) is 2.58. The van der Waals surface area contributed by atoms with Crippen LogP contribution in [0.1, 0.15) is 24.0 Å². The Labute approximate surface area is 106 Å². The summed E-state index contributed by atoms with van der Waals surface area (Å²) >= 11 is 0. The molecular weight excluding hydrogens is 230 g/mol. The van der Waals surface area contributed by atoms with Gasteiger partial charge in [-0.1, -0.05) is 6.92 Å². The minimum absolute atomic E-state index is 0.512. The third-order valence-corrected chi connectivity index (χ3v) is 2.58. The molecule has 0 aliphatic carbocycles. The van der Waals surface area contributed by atoms with E-state index >= 15 is 0 Å². The molecule has 0 aromatic carbocycles. The second-order valence-electron chi connectivity index (χ2n) is 4.01. The van der Waals surface area contributed by atoms with Gasteiger partial charge in [0.15, 0.2) is 0 Å². The van der Waals surface area contributed by atoms with Crippen LogP contribution < -0.4 is 10.1 Å². The van der Waals surface area contributed by atoms with E-state index in [9.17, 15) is 0 Å². The standard InChI is InChI=1S/C12H17N5O/c1-5-9-14-11(13-4)8(3)12(15-9)18-10-6-7(2)16-17-10/h6H,5H2,1-4H3,(H,16,17)(H,13,14,15). The number of nitrogens with zero attached hydrogens (tertiary/aromatic N) is 3. The smallest absolute Gasteiger partial charge is 0.240 e. The molecule has 0 aliphatic heterocycles. The molecule has 0 radical (unpaired) electrons. The quantitative estimate of drug-likeness (QED) is 0.866. The first-order valence-electron chi connectivity index (χ1n) is 5.89. The SMILES string of the molecule is CCc1nc(NC)c(C)c(Oc2cc(C)[nH]n2)n1. The molecule has 0 fully saturated rings. The molecule has 6 nitrogen and oxygen atoms in total. The van der Waals surface area contributed by atoms with Crippen LogP contribution in [0.15, 0.2) is 6.07 Å². The lowest BCUT2D eigenvalue weighted by Gasteiger charge is -2.10. The van der Waals surface area contributed by atoms with Crippen LogP contribution in [0.3, 0.4) is 0 Å². The number of aromatic amines is 1. The van der Waals surface area contributed by atoms with E-state index in [1.807, 2.05) is 33.9 Å². The summed E-state index contributed by atoms with van der Waals surface area (Å²) in [5.74, 6) is 2.58. The summed E-state index contributed by atoms with van der Waals surface area (Å²) in [6, 6.07) is 1.83. The van der Waals surface area contributed by atoms with Gasteiger partial charge in [0.2, 0.25) is 11.8 Å². The van der Waals surface area contributed by atoms with E-state index in [1.54, 1.807) is 0 Å². The van der Waals surface area contributed by atoms with Crippen molar-refractivity contribution in [3.63, 3.8) is 0 Å². The molecule has 0 atom stereocenters. The van der Waals surface area contributed by atoms with Crippen LogP contribution in [0, 0.1) is 13.8 Å². The predicted molar refractivity (Wildman–Crippen MR) is 69.1 cm³/mol. The Bertz CT molecular complexity index is 549. The summed E-state index contributed by atoms with van der Waals surface area (Å²) in [6.45, 7) is 5.84. The molecule has 0 bridgehead atoms. The van der Waals surface area contributed by atoms with Crippen LogP contribution >= 0.6 is 0 Å². The molecule has 2 heterocycles. The lowest BCUT2D eigenvalue weighted by atomic mass is 10.3. The van der Waals surface area contributed by atoms with Gasteiger partial charge in [0.05, 0.1) is 5.56 Å². The van der Waals surface area contributed by atoms with Crippen molar-refractivity contribution in [2.75, 3.05) is 12.4 Å². The first kappa shape index (κ1) is 12.3. The van der Waals surface area contributed by atoms with E-state index in [1.165, 1.54) is 0 Å². The summed E-state index contributed by atoms with van der Waals surface area (Å²) in [5.41, 5.74) is 1.82. The number of aromatic nitrogens is 4. The topological polar surface area (TPSA) is 75.7 Å². The van der Waals surface area contributed by atoms with Gasteiger partial charge in [-0.2, -0.15) is 4.98 Å². The Hall–Kier alpha value is -2.11. The van der Waals surface area contributed by atoms with Crippen LogP contribution in [0.2, 0.25) is 0 Å². The molecule has 0 amide bonds. The van der Waals surface area contributed by atoms with E-state index in [0.29, 0.717) is 11.8 Å². The number of hydrogen-bond donors (Lipinski definition) is 2. The Morgan fingerprint density at radius 2 is 2.11 bits per heavy atom. The van der Waals surface area contributed by atoms with Crippen molar-refractivity contribution >= 4 is 5.82 Å². The van der Waals surface area contributed by atoms with E-state index < -0.39 is 0 Å². The summed E-state index contributed by atoms with van der Waals surface area (Å²) < 4.78 is 5.68. The van der Waals surface area contributed by atoms with Gasteiger partial charge in [-0.05, 0) is 13.8 Å². The fourth-order valence-electron chi connectivity index (χ4n) is 1.59. The van der Waals surface area contributed by atoms with Crippen LogP contribution in [-0.2, 0) is 6.42 Å². The molecular formula is C12H17N5O. The molecule has 6 heteroatoms. The Kier molecular flexibility index (Phi) is 3.45. The molecule has 2 N–H and O–H groups in total. The Balaban J connectivity index is 2.36. The van der Waals surface area contributed by atoms with Crippen LogP contribution in [0.25, 0.3) is 0 Å². The second kappa shape index (κ2) is 5.03. The van der Waals surface area contributed by atoms with Crippen molar-refractivity contribution in [2.24, 2.45) is 0 Å². The number of rotatable bonds is 4. The molecule has 2 aromatic heterocycles. The molecule has 2 rings (SSSR count). The van der Waals surface area contributed by atoms with Gasteiger partial charge in [0.1, 0.15) is 11.6 Å². The summed E-state index contributed by atoms with van der Waals surface area (Å²) in [6.07, 6.45) is 0.755. The van der Waals surface area contributed by atoms with Crippen molar-refractivity contribution in [1.29, 1.82) is 0 Å². The van der Waals surface area contributed by atoms with Crippen LogP contribution in [0.4, 0.5) is 5.82 Å². The molecule has 0 unspecified atom stereocenters. The lowest BCUT2D eigenvalue weighted by molar-refractivity contribution is 0.436. The maximum atomic E-state index is 5.68. The monoisotopic (exact) mass is 247 g/mol. The molecule has 2 aromatic rings. The fourth-order valence-corrected chi connectivity index (χ4v) is 1.59. The van der Waals surface area contributed by atoms with Crippen molar-refractivity contribution in [3.8, 4) is 11.8 Å². The average molecular weight is 247 g/mol.